The number of halogens is 1. The van der Waals surface area contributed by atoms with Crippen LogP contribution in [-0.2, 0) is 32.2 Å². The Kier molecular flexibility index (Phi) is 10.2. The quantitative estimate of drug-likeness (QED) is 0.210. The van der Waals surface area contributed by atoms with Crippen molar-refractivity contribution in [1.82, 2.24) is 4.90 Å². The Morgan fingerprint density at radius 1 is 1.05 bits per heavy atom. The van der Waals surface area contributed by atoms with Gasteiger partial charge in [0.05, 0.1) is 39.1 Å². The van der Waals surface area contributed by atoms with E-state index < -0.39 is 23.7 Å². The number of aliphatic hydroxyl groups excluding tert-OH is 1. The standard InChI is InChI=1S/C31H30FNO7/c1-37-31(36)29(26-19-25(32)12-13-27(26)40-21-22-7-3-2-4-8-22)33-20-24-10-5-9-23(28(24)30(33)35)11-6-15-38-17-18-39-16-14-34/h2-5,7-10,12-13,19,29,34H,14-18,20-21H2,1H3. The first-order valence-corrected chi connectivity index (χ1v) is 12.8. The minimum Gasteiger partial charge on any atom is -0.489 e. The average molecular weight is 548 g/mol. The number of esters is 1. The summed E-state index contributed by atoms with van der Waals surface area (Å²) in [5, 5.41) is 8.72. The molecule has 0 radical (unpaired) electrons. The van der Waals surface area contributed by atoms with E-state index in [1.807, 2.05) is 30.3 Å². The lowest BCUT2D eigenvalue weighted by atomic mass is 10.0. The van der Waals surface area contributed by atoms with E-state index in [1.165, 1.54) is 30.2 Å². The number of ether oxygens (including phenoxy) is 4. The Morgan fingerprint density at radius 2 is 1.85 bits per heavy atom. The number of rotatable bonds is 12. The maximum atomic E-state index is 14.5. The first-order valence-electron chi connectivity index (χ1n) is 12.8. The molecular formula is C31H30FNO7. The van der Waals surface area contributed by atoms with Gasteiger partial charge in [0.25, 0.3) is 5.91 Å². The van der Waals surface area contributed by atoms with Crippen LogP contribution in [0.2, 0.25) is 0 Å². The highest BCUT2D eigenvalue weighted by Crippen LogP contribution is 2.38. The maximum absolute atomic E-state index is 14.5. The van der Waals surface area contributed by atoms with Gasteiger partial charge in [0, 0.05) is 17.7 Å². The molecule has 1 amide bonds. The number of carbonyl (C=O) groups is 2. The van der Waals surface area contributed by atoms with Crippen LogP contribution in [0.5, 0.6) is 5.75 Å². The zero-order valence-electron chi connectivity index (χ0n) is 22.1. The Morgan fingerprint density at radius 3 is 2.62 bits per heavy atom. The van der Waals surface area contributed by atoms with Crippen LogP contribution in [0.15, 0.2) is 66.7 Å². The normalized spacial score (nSPS) is 12.9. The van der Waals surface area contributed by atoms with E-state index >= 15 is 0 Å². The Labute approximate surface area is 232 Å². The highest BCUT2D eigenvalue weighted by molar-refractivity contribution is 6.03. The van der Waals surface area contributed by atoms with Gasteiger partial charge < -0.3 is 29.0 Å². The van der Waals surface area contributed by atoms with Crippen molar-refractivity contribution in [2.45, 2.75) is 19.2 Å². The fourth-order valence-electron chi connectivity index (χ4n) is 4.37. The molecule has 1 aliphatic heterocycles. The summed E-state index contributed by atoms with van der Waals surface area (Å²) in [7, 11) is 1.22. The van der Waals surface area contributed by atoms with Crippen LogP contribution in [-0.4, -0.2) is 62.0 Å². The monoisotopic (exact) mass is 547 g/mol. The number of carbonyl (C=O) groups excluding carboxylic acids is 2. The second-order valence-electron chi connectivity index (χ2n) is 8.85. The molecule has 0 saturated carbocycles. The van der Waals surface area contributed by atoms with Crippen LogP contribution in [0.4, 0.5) is 4.39 Å². The van der Waals surface area contributed by atoms with Gasteiger partial charge in [-0.2, -0.15) is 0 Å². The van der Waals surface area contributed by atoms with Gasteiger partial charge in [0.15, 0.2) is 6.04 Å². The fraction of sp³-hybridized carbons (Fsp3) is 0.290. The van der Waals surface area contributed by atoms with E-state index in [4.69, 9.17) is 24.1 Å². The average Bonchev–Trinajstić information content (AvgIpc) is 3.31. The molecule has 3 aromatic rings. The molecule has 0 fully saturated rings. The Bertz CT molecular complexity index is 1380. The van der Waals surface area contributed by atoms with Crippen LogP contribution in [0.1, 0.15) is 38.7 Å². The Hall–Kier alpha value is -4.23. The van der Waals surface area contributed by atoms with E-state index in [-0.39, 0.29) is 44.3 Å². The van der Waals surface area contributed by atoms with Crippen LogP contribution < -0.4 is 4.74 Å². The molecule has 8 nitrogen and oxygen atoms in total. The third-order valence-corrected chi connectivity index (χ3v) is 6.21. The smallest absolute Gasteiger partial charge is 0.333 e. The highest BCUT2D eigenvalue weighted by Gasteiger charge is 2.40. The summed E-state index contributed by atoms with van der Waals surface area (Å²) >= 11 is 0. The van der Waals surface area contributed by atoms with Gasteiger partial charge in [-0.3, -0.25) is 4.79 Å². The molecule has 0 bridgehead atoms. The molecule has 0 aromatic heterocycles. The van der Waals surface area contributed by atoms with Crippen LogP contribution in [0, 0.1) is 17.7 Å². The van der Waals surface area contributed by atoms with Gasteiger partial charge in [-0.15, -0.1) is 0 Å². The van der Waals surface area contributed by atoms with Crippen molar-refractivity contribution in [3.63, 3.8) is 0 Å². The largest absolute Gasteiger partial charge is 0.489 e. The topological polar surface area (TPSA) is 94.5 Å². The van der Waals surface area contributed by atoms with Crippen LogP contribution in [0.3, 0.4) is 0 Å². The third-order valence-electron chi connectivity index (χ3n) is 6.21. The molecule has 0 saturated heterocycles. The van der Waals surface area contributed by atoms with Gasteiger partial charge in [0.1, 0.15) is 24.8 Å². The van der Waals surface area contributed by atoms with E-state index in [2.05, 4.69) is 11.8 Å². The van der Waals surface area contributed by atoms with Gasteiger partial charge in [-0.05, 0) is 35.4 Å². The molecule has 208 valence electrons. The van der Waals surface area contributed by atoms with Gasteiger partial charge >= 0.3 is 5.97 Å². The zero-order chi connectivity index (χ0) is 28.3. The molecule has 1 heterocycles. The Balaban J connectivity index is 1.56. The van der Waals surface area contributed by atoms with Crippen LogP contribution in [0.25, 0.3) is 0 Å². The molecule has 9 heteroatoms. The fourth-order valence-corrected chi connectivity index (χ4v) is 4.37. The first kappa shape index (κ1) is 28.8. The van der Waals surface area contributed by atoms with Crippen molar-refractivity contribution in [1.29, 1.82) is 0 Å². The maximum Gasteiger partial charge on any atom is 0.333 e. The van der Waals surface area contributed by atoms with Crippen molar-refractivity contribution in [3.05, 3.63) is 100 Å². The van der Waals surface area contributed by atoms with Crippen molar-refractivity contribution in [3.8, 4) is 17.6 Å². The lowest BCUT2D eigenvalue weighted by molar-refractivity contribution is -0.146. The summed E-state index contributed by atoms with van der Waals surface area (Å²) in [5.74, 6) is 4.41. The number of nitrogens with zero attached hydrogens (tertiary/aromatic N) is 1. The summed E-state index contributed by atoms with van der Waals surface area (Å²) in [6.45, 7) is 1.27. The summed E-state index contributed by atoms with van der Waals surface area (Å²) in [6, 6.07) is 17.4. The van der Waals surface area contributed by atoms with Crippen molar-refractivity contribution in [2.75, 3.05) is 40.1 Å². The molecule has 1 atom stereocenters. The minimum absolute atomic E-state index is 0.0535. The molecule has 1 aliphatic rings. The second-order valence-corrected chi connectivity index (χ2v) is 8.85. The summed E-state index contributed by atoms with van der Waals surface area (Å²) in [4.78, 5) is 28.2. The number of hydrogen-bond donors (Lipinski definition) is 1. The SMILES string of the molecule is COC(=O)C(c1cc(F)ccc1OCc1ccccc1)N1Cc2cccc(C#CCOCCOCCO)c2C1=O. The van der Waals surface area contributed by atoms with Crippen LogP contribution >= 0.6 is 0 Å². The third kappa shape index (κ3) is 7.04. The number of amides is 1. The number of benzene rings is 3. The van der Waals surface area contributed by atoms with Gasteiger partial charge in [-0.25, -0.2) is 9.18 Å². The van der Waals surface area contributed by atoms with E-state index in [0.29, 0.717) is 29.9 Å². The van der Waals surface area contributed by atoms with Gasteiger partial charge in [-0.1, -0.05) is 54.3 Å². The first-order chi connectivity index (χ1) is 19.5. The molecule has 3 aromatic carbocycles. The van der Waals surface area contributed by atoms with E-state index in [0.717, 1.165) is 5.56 Å². The van der Waals surface area contributed by atoms with Crippen molar-refractivity contribution in [2.24, 2.45) is 0 Å². The predicted octanol–water partition coefficient (Wildman–Crippen LogP) is 3.65. The van der Waals surface area contributed by atoms with Gasteiger partial charge in [0.2, 0.25) is 0 Å². The summed E-state index contributed by atoms with van der Waals surface area (Å²) in [6.07, 6.45) is 0. The predicted molar refractivity (Wildman–Crippen MR) is 144 cm³/mol. The minimum atomic E-state index is -1.24. The molecule has 0 aliphatic carbocycles. The summed E-state index contributed by atoms with van der Waals surface area (Å²) < 4.78 is 36.1. The number of fused-ring (bicyclic) bond motifs is 1. The number of methoxy groups -OCH3 is 1. The van der Waals surface area contributed by atoms with Crippen molar-refractivity contribution >= 4 is 11.9 Å². The zero-order valence-corrected chi connectivity index (χ0v) is 22.1. The molecule has 1 unspecified atom stereocenters. The lowest BCUT2D eigenvalue weighted by Crippen LogP contribution is -2.35. The highest BCUT2D eigenvalue weighted by atomic mass is 19.1. The lowest BCUT2D eigenvalue weighted by Gasteiger charge is -2.27. The van der Waals surface area contributed by atoms with E-state index in [9.17, 15) is 14.0 Å². The van der Waals surface area contributed by atoms with E-state index in [1.54, 1.807) is 18.2 Å². The number of hydrogen-bond acceptors (Lipinski definition) is 7. The number of aliphatic hydroxyl groups is 1. The second kappa shape index (κ2) is 14.2. The molecule has 40 heavy (non-hydrogen) atoms. The molecular weight excluding hydrogens is 517 g/mol. The summed E-state index contributed by atoms with van der Waals surface area (Å²) in [5.41, 5.74) is 2.63. The molecule has 0 spiro atoms. The molecule has 1 N–H and O–H groups in total. The molecule has 4 rings (SSSR count). The van der Waals surface area contributed by atoms with Crippen molar-refractivity contribution < 1.29 is 38.0 Å².